The van der Waals surface area contributed by atoms with Gasteiger partial charge in [0.1, 0.15) is 11.6 Å². The van der Waals surface area contributed by atoms with Gasteiger partial charge in [-0.2, -0.15) is 0 Å². The number of nitrogens with one attached hydrogen (secondary N) is 1. The van der Waals surface area contributed by atoms with Gasteiger partial charge in [0.25, 0.3) is 0 Å². The lowest BCUT2D eigenvalue weighted by Gasteiger charge is -2.09. The van der Waals surface area contributed by atoms with Crippen molar-refractivity contribution in [2.45, 2.75) is 44.8 Å². The van der Waals surface area contributed by atoms with Crippen LogP contribution in [0.3, 0.4) is 0 Å². The average Bonchev–Trinajstić information content (AvgIpc) is 3.17. The third kappa shape index (κ3) is 6.48. The molecule has 0 saturated carbocycles. The standard InChI is InChI=1S/C23H27ClN4O2S/c1-4-28-21(7-5-6-17-9-12-19(30-3)13-10-17)26-27-23(28)31-15-22(29)25-18-11-8-16(2)20(24)14-18/h8-14H,4-7,15H2,1-3H3,(H,25,29). The Morgan fingerprint density at radius 3 is 2.61 bits per heavy atom. The summed E-state index contributed by atoms with van der Waals surface area (Å²) < 4.78 is 7.28. The van der Waals surface area contributed by atoms with Gasteiger partial charge in [-0.3, -0.25) is 4.79 Å². The maximum Gasteiger partial charge on any atom is 0.234 e. The van der Waals surface area contributed by atoms with Crippen LogP contribution in [0.5, 0.6) is 5.75 Å². The second-order valence-electron chi connectivity index (χ2n) is 7.15. The molecule has 1 heterocycles. The molecule has 1 amide bonds. The highest BCUT2D eigenvalue weighted by Gasteiger charge is 2.13. The fourth-order valence-corrected chi connectivity index (χ4v) is 4.17. The van der Waals surface area contributed by atoms with E-state index in [0.29, 0.717) is 10.7 Å². The molecule has 2 aromatic carbocycles. The highest BCUT2D eigenvalue weighted by Crippen LogP contribution is 2.22. The van der Waals surface area contributed by atoms with E-state index >= 15 is 0 Å². The Morgan fingerprint density at radius 2 is 1.94 bits per heavy atom. The Bertz CT molecular complexity index is 1020. The van der Waals surface area contributed by atoms with Crippen molar-refractivity contribution in [3.05, 3.63) is 64.4 Å². The quantitative estimate of drug-likeness (QED) is 0.424. The van der Waals surface area contributed by atoms with Gasteiger partial charge in [-0.25, -0.2) is 0 Å². The lowest BCUT2D eigenvalue weighted by Crippen LogP contribution is -2.14. The van der Waals surface area contributed by atoms with Crippen molar-refractivity contribution < 1.29 is 9.53 Å². The second kappa shape index (κ2) is 11.2. The smallest absolute Gasteiger partial charge is 0.234 e. The number of aryl methyl sites for hydroxylation is 3. The van der Waals surface area contributed by atoms with Crippen molar-refractivity contribution in [1.29, 1.82) is 0 Å². The van der Waals surface area contributed by atoms with Gasteiger partial charge in [0.2, 0.25) is 5.91 Å². The van der Waals surface area contributed by atoms with Crippen LogP contribution in [0.4, 0.5) is 5.69 Å². The molecule has 0 atom stereocenters. The van der Waals surface area contributed by atoms with Gasteiger partial charge in [0.05, 0.1) is 12.9 Å². The highest BCUT2D eigenvalue weighted by atomic mass is 35.5. The Labute approximate surface area is 192 Å². The van der Waals surface area contributed by atoms with Gasteiger partial charge in [-0.05, 0) is 62.1 Å². The molecule has 0 fully saturated rings. The van der Waals surface area contributed by atoms with Gasteiger partial charge >= 0.3 is 0 Å². The molecule has 3 rings (SSSR count). The van der Waals surface area contributed by atoms with Crippen LogP contribution in [-0.4, -0.2) is 33.5 Å². The first-order valence-corrected chi connectivity index (χ1v) is 11.6. The van der Waals surface area contributed by atoms with Gasteiger partial charge in [0, 0.05) is 23.7 Å². The van der Waals surface area contributed by atoms with Crippen molar-refractivity contribution >= 4 is 35.0 Å². The minimum absolute atomic E-state index is 0.100. The third-order valence-corrected chi connectivity index (χ3v) is 6.30. The van der Waals surface area contributed by atoms with Crippen LogP contribution in [-0.2, 0) is 24.2 Å². The number of ether oxygens (including phenoxy) is 1. The minimum atomic E-state index is -0.100. The monoisotopic (exact) mass is 458 g/mol. The van der Waals surface area contributed by atoms with Gasteiger partial charge in [-0.15, -0.1) is 10.2 Å². The number of thioether (sulfide) groups is 1. The van der Waals surface area contributed by atoms with E-state index < -0.39 is 0 Å². The maximum atomic E-state index is 12.3. The molecule has 6 nitrogen and oxygen atoms in total. The number of hydrogen-bond donors (Lipinski definition) is 1. The highest BCUT2D eigenvalue weighted by molar-refractivity contribution is 7.99. The predicted octanol–water partition coefficient (Wildman–Crippen LogP) is 5.17. The SMILES string of the molecule is CCn1c(CCCc2ccc(OC)cc2)nnc1SCC(=O)Nc1ccc(C)c(Cl)c1. The number of carbonyl (C=O) groups is 1. The number of amides is 1. The van der Waals surface area contributed by atoms with Crippen LogP contribution in [0, 0.1) is 6.92 Å². The zero-order valence-corrected chi connectivity index (χ0v) is 19.6. The van der Waals surface area contributed by atoms with Gasteiger partial charge < -0.3 is 14.6 Å². The summed E-state index contributed by atoms with van der Waals surface area (Å²) in [6.07, 6.45) is 2.77. The average molecular weight is 459 g/mol. The summed E-state index contributed by atoms with van der Waals surface area (Å²) in [5.74, 6) is 1.97. The van der Waals surface area contributed by atoms with E-state index in [2.05, 4.69) is 39.1 Å². The van der Waals surface area contributed by atoms with E-state index in [-0.39, 0.29) is 11.7 Å². The molecule has 0 spiro atoms. The van der Waals surface area contributed by atoms with Crippen molar-refractivity contribution in [3.63, 3.8) is 0 Å². The molecule has 0 unspecified atom stereocenters. The molecule has 0 bridgehead atoms. The Kier molecular flexibility index (Phi) is 8.37. The number of rotatable bonds is 10. The molecular formula is C23H27ClN4O2S. The topological polar surface area (TPSA) is 69.0 Å². The lowest BCUT2D eigenvalue weighted by atomic mass is 10.1. The first-order chi connectivity index (χ1) is 15.0. The first kappa shape index (κ1) is 23.2. The maximum absolute atomic E-state index is 12.3. The van der Waals surface area contributed by atoms with Crippen LogP contribution in [0.1, 0.15) is 30.3 Å². The molecule has 1 aromatic heterocycles. The van der Waals surface area contributed by atoms with Crippen LogP contribution >= 0.6 is 23.4 Å². The van der Waals surface area contributed by atoms with Crippen LogP contribution in [0.2, 0.25) is 5.02 Å². The summed E-state index contributed by atoms with van der Waals surface area (Å²) in [4.78, 5) is 12.3. The molecule has 0 saturated heterocycles. The number of aromatic nitrogens is 3. The van der Waals surface area contributed by atoms with Crippen LogP contribution < -0.4 is 10.1 Å². The van der Waals surface area contributed by atoms with E-state index in [4.69, 9.17) is 16.3 Å². The summed E-state index contributed by atoms with van der Waals surface area (Å²) in [6, 6.07) is 13.6. The second-order valence-corrected chi connectivity index (χ2v) is 8.50. The van der Waals surface area contributed by atoms with Crippen molar-refractivity contribution in [3.8, 4) is 5.75 Å². The molecule has 0 aliphatic rings. The summed E-state index contributed by atoms with van der Waals surface area (Å²) >= 11 is 7.51. The minimum Gasteiger partial charge on any atom is -0.497 e. The summed E-state index contributed by atoms with van der Waals surface area (Å²) in [5, 5.41) is 12.9. The van der Waals surface area contributed by atoms with E-state index in [0.717, 1.165) is 48.1 Å². The molecule has 31 heavy (non-hydrogen) atoms. The van der Waals surface area contributed by atoms with Crippen molar-refractivity contribution in [2.24, 2.45) is 0 Å². The largest absolute Gasteiger partial charge is 0.497 e. The van der Waals surface area contributed by atoms with E-state index in [1.807, 2.05) is 31.2 Å². The van der Waals surface area contributed by atoms with Crippen LogP contribution in [0.15, 0.2) is 47.6 Å². The zero-order valence-electron chi connectivity index (χ0n) is 18.0. The van der Waals surface area contributed by atoms with E-state index in [1.54, 1.807) is 13.2 Å². The Morgan fingerprint density at radius 1 is 1.16 bits per heavy atom. The number of hydrogen-bond acceptors (Lipinski definition) is 5. The number of nitrogens with zero attached hydrogens (tertiary/aromatic N) is 3. The molecule has 0 aliphatic carbocycles. The number of benzene rings is 2. The van der Waals surface area contributed by atoms with Gasteiger partial charge in [-0.1, -0.05) is 41.6 Å². The Balaban J connectivity index is 1.51. The third-order valence-electron chi connectivity index (χ3n) is 4.92. The Hall–Kier alpha value is -2.51. The van der Waals surface area contributed by atoms with Crippen LogP contribution in [0.25, 0.3) is 0 Å². The zero-order chi connectivity index (χ0) is 22.2. The number of methoxy groups -OCH3 is 1. The molecule has 0 radical (unpaired) electrons. The molecular weight excluding hydrogens is 432 g/mol. The summed E-state index contributed by atoms with van der Waals surface area (Å²) in [7, 11) is 1.67. The lowest BCUT2D eigenvalue weighted by molar-refractivity contribution is -0.113. The summed E-state index contributed by atoms with van der Waals surface area (Å²) in [5.41, 5.74) is 2.94. The molecule has 0 aliphatic heterocycles. The van der Waals surface area contributed by atoms with Gasteiger partial charge in [0.15, 0.2) is 5.16 Å². The molecule has 8 heteroatoms. The van der Waals surface area contributed by atoms with Crippen molar-refractivity contribution in [1.82, 2.24) is 14.8 Å². The fourth-order valence-electron chi connectivity index (χ4n) is 3.17. The predicted molar refractivity (Wildman–Crippen MR) is 126 cm³/mol. The normalized spacial score (nSPS) is 10.8. The first-order valence-electron chi connectivity index (χ1n) is 10.2. The van der Waals surface area contributed by atoms with E-state index in [1.165, 1.54) is 17.3 Å². The molecule has 164 valence electrons. The number of halogens is 1. The fraction of sp³-hybridized carbons (Fsp3) is 0.348. The molecule has 1 N–H and O–H groups in total. The molecule has 3 aromatic rings. The van der Waals surface area contributed by atoms with E-state index in [9.17, 15) is 4.79 Å². The number of carbonyl (C=O) groups excluding carboxylic acids is 1. The number of anilines is 1. The summed E-state index contributed by atoms with van der Waals surface area (Å²) in [6.45, 7) is 4.76. The van der Waals surface area contributed by atoms with Crippen molar-refractivity contribution in [2.75, 3.05) is 18.2 Å².